The van der Waals surface area contributed by atoms with Crippen molar-refractivity contribution in [2.24, 2.45) is 0 Å². The molecule has 0 bridgehead atoms. The van der Waals surface area contributed by atoms with Gasteiger partial charge in [0.2, 0.25) is 0 Å². The van der Waals surface area contributed by atoms with Crippen LogP contribution in [0.1, 0.15) is 12.0 Å². The lowest BCUT2D eigenvalue weighted by atomic mass is 10.2. The lowest BCUT2D eigenvalue weighted by Gasteiger charge is -2.06. The molecule has 1 unspecified atom stereocenters. The van der Waals surface area contributed by atoms with Gasteiger partial charge in [-0.2, -0.15) is 0 Å². The average Bonchev–Trinajstić information content (AvgIpc) is 2.67. The molecule has 1 aromatic carbocycles. The van der Waals surface area contributed by atoms with Gasteiger partial charge in [0, 0.05) is 12.0 Å². The van der Waals surface area contributed by atoms with Crippen molar-refractivity contribution in [1.82, 2.24) is 0 Å². The molecule has 1 aliphatic rings. The fraction of sp³-hybridized carbons (Fsp3) is 0.182. The summed E-state index contributed by atoms with van der Waals surface area (Å²) < 4.78 is 5.39. The number of rotatable bonds is 2. The summed E-state index contributed by atoms with van der Waals surface area (Å²) in [5.41, 5.74) is 1.03. The van der Waals surface area contributed by atoms with Crippen LogP contribution in [0.5, 0.6) is 0 Å². The van der Waals surface area contributed by atoms with Crippen LogP contribution in [0.2, 0.25) is 0 Å². The Morgan fingerprint density at radius 3 is 2.69 bits per heavy atom. The van der Waals surface area contributed by atoms with Crippen LogP contribution in [-0.2, 0) is 9.53 Å². The highest BCUT2D eigenvalue weighted by atomic mass is 16.5. The Kier molecular flexibility index (Phi) is 2.13. The zero-order valence-corrected chi connectivity index (χ0v) is 7.14. The maximum atomic E-state index is 10.4. The Labute approximate surface area is 76.8 Å². The van der Waals surface area contributed by atoms with Crippen molar-refractivity contribution in [2.45, 2.75) is 12.5 Å². The number of aldehydes is 1. The van der Waals surface area contributed by atoms with E-state index in [9.17, 15) is 4.79 Å². The zero-order chi connectivity index (χ0) is 9.10. The lowest BCUT2D eigenvalue weighted by Crippen LogP contribution is -2.06. The third kappa shape index (κ3) is 1.61. The number of ether oxygens (including phenoxy) is 1. The van der Waals surface area contributed by atoms with Gasteiger partial charge in [-0.25, -0.2) is 0 Å². The standard InChI is InChI=1S/C11H10O2/c12-8-10-6-7-11(13-10)9-4-2-1-3-5-9/h1-5,7-8,10H,6H2. The van der Waals surface area contributed by atoms with Crippen LogP contribution in [0.4, 0.5) is 0 Å². The van der Waals surface area contributed by atoms with Gasteiger partial charge in [-0.3, -0.25) is 4.79 Å². The number of hydrogen-bond acceptors (Lipinski definition) is 2. The van der Waals surface area contributed by atoms with Gasteiger partial charge < -0.3 is 4.74 Å². The molecule has 1 atom stereocenters. The highest BCUT2D eigenvalue weighted by Gasteiger charge is 2.17. The van der Waals surface area contributed by atoms with Gasteiger partial charge in [0.25, 0.3) is 0 Å². The van der Waals surface area contributed by atoms with Crippen LogP contribution in [0.15, 0.2) is 36.4 Å². The van der Waals surface area contributed by atoms with E-state index in [4.69, 9.17) is 4.74 Å². The van der Waals surface area contributed by atoms with Gasteiger partial charge in [-0.15, -0.1) is 0 Å². The predicted octanol–water partition coefficient (Wildman–Crippen LogP) is 2.02. The van der Waals surface area contributed by atoms with Gasteiger partial charge in [0.05, 0.1) is 0 Å². The Balaban J connectivity index is 2.17. The van der Waals surface area contributed by atoms with E-state index >= 15 is 0 Å². The quantitative estimate of drug-likeness (QED) is 0.641. The molecule has 0 N–H and O–H groups in total. The normalized spacial score (nSPS) is 20.6. The molecule has 1 aromatic rings. The molecule has 0 amide bonds. The van der Waals surface area contributed by atoms with Crippen LogP contribution >= 0.6 is 0 Å². The highest BCUT2D eigenvalue weighted by molar-refractivity contribution is 5.67. The molecule has 0 saturated heterocycles. The molecule has 1 aliphatic heterocycles. The van der Waals surface area contributed by atoms with Crippen molar-refractivity contribution >= 4 is 12.0 Å². The van der Waals surface area contributed by atoms with Crippen molar-refractivity contribution < 1.29 is 9.53 Å². The van der Waals surface area contributed by atoms with E-state index in [1.54, 1.807) is 0 Å². The van der Waals surface area contributed by atoms with Crippen LogP contribution in [0, 0.1) is 0 Å². The van der Waals surface area contributed by atoms with Crippen molar-refractivity contribution in [3.8, 4) is 0 Å². The predicted molar refractivity (Wildman–Crippen MR) is 50.0 cm³/mol. The van der Waals surface area contributed by atoms with Gasteiger partial charge in [-0.1, -0.05) is 30.3 Å². The molecule has 2 rings (SSSR count). The first-order chi connectivity index (χ1) is 6.40. The van der Waals surface area contributed by atoms with Crippen molar-refractivity contribution in [2.75, 3.05) is 0 Å². The largest absolute Gasteiger partial charge is 0.482 e. The summed E-state index contributed by atoms with van der Waals surface area (Å²) >= 11 is 0. The zero-order valence-electron chi connectivity index (χ0n) is 7.14. The smallest absolute Gasteiger partial charge is 0.160 e. The molecule has 0 saturated carbocycles. The second-order valence-corrected chi connectivity index (χ2v) is 2.96. The second kappa shape index (κ2) is 3.44. The van der Waals surface area contributed by atoms with Crippen LogP contribution in [0.3, 0.4) is 0 Å². The summed E-state index contributed by atoms with van der Waals surface area (Å²) in [6.07, 6.45) is 3.20. The highest BCUT2D eigenvalue weighted by Crippen LogP contribution is 2.24. The topological polar surface area (TPSA) is 26.3 Å². The summed E-state index contributed by atoms with van der Waals surface area (Å²) in [4.78, 5) is 10.4. The Morgan fingerprint density at radius 1 is 1.31 bits per heavy atom. The molecule has 2 nitrogen and oxygen atoms in total. The molecule has 0 aliphatic carbocycles. The lowest BCUT2D eigenvalue weighted by molar-refractivity contribution is -0.113. The van der Waals surface area contributed by atoms with E-state index in [1.807, 2.05) is 36.4 Å². The van der Waals surface area contributed by atoms with E-state index in [1.165, 1.54) is 0 Å². The Hall–Kier alpha value is -1.57. The molecule has 0 radical (unpaired) electrons. The van der Waals surface area contributed by atoms with Crippen LogP contribution in [0.25, 0.3) is 5.76 Å². The summed E-state index contributed by atoms with van der Waals surface area (Å²) in [7, 11) is 0. The maximum Gasteiger partial charge on any atom is 0.160 e. The van der Waals surface area contributed by atoms with Crippen molar-refractivity contribution in [1.29, 1.82) is 0 Å². The molecule has 0 spiro atoms. The summed E-state index contributed by atoms with van der Waals surface area (Å²) in [6.45, 7) is 0. The molecule has 13 heavy (non-hydrogen) atoms. The minimum atomic E-state index is -0.282. The van der Waals surface area contributed by atoms with Crippen molar-refractivity contribution in [3.63, 3.8) is 0 Å². The second-order valence-electron chi connectivity index (χ2n) is 2.96. The fourth-order valence-electron chi connectivity index (χ4n) is 1.35. The third-order valence-electron chi connectivity index (χ3n) is 2.02. The third-order valence-corrected chi connectivity index (χ3v) is 2.02. The van der Waals surface area contributed by atoms with E-state index < -0.39 is 0 Å². The molecule has 2 heteroatoms. The number of benzene rings is 1. The number of carbonyl (C=O) groups is 1. The molecule has 0 aromatic heterocycles. The fourth-order valence-corrected chi connectivity index (χ4v) is 1.35. The average molecular weight is 174 g/mol. The minimum absolute atomic E-state index is 0.282. The van der Waals surface area contributed by atoms with Gasteiger partial charge in [-0.05, 0) is 6.08 Å². The summed E-state index contributed by atoms with van der Waals surface area (Å²) in [6, 6.07) is 9.80. The Bertz CT molecular complexity index is 327. The molecular formula is C11H10O2. The summed E-state index contributed by atoms with van der Waals surface area (Å²) in [5, 5.41) is 0. The maximum absolute atomic E-state index is 10.4. The van der Waals surface area contributed by atoms with E-state index in [0.717, 1.165) is 17.6 Å². The Morgan fingerprint density at radius 2 is 2.08 bits per heavy atom. The summed E-state index contributed by atoms with van der Waals surface area (Å²) in [5.74, 6) is 0.817. The van der Waals surface area contributed by atoms with Crippen LogP contribution < -0.4 is 0 Å². The van der Waals surface area contributed by atoms with Crippen molar-refractivity contribution in [3.05, 3.63) is 42.0 Å². The SMILES string of the molecule is O=CC1CC=C(c2ccccc2)O1. The molecule has 66 valence electrons. The number of carbonyl (C=O) groups excluding carboxylic acids is 1. The molecule has 1 heterocycles. The van der Waals surface area contributed by atoms with E-state index in [2.05, 4.69) is 0 Å². The van der Waals surface area contributed by atoms with Gasteiger partial charge >= 0.3 is 0 Å². The number of hydrogen-bond donors (Lipinski definition) is 0. The van der Waals surface area contributed by atoms with E-state index in [0.29, 0.717) is 6.42 Å². The first-order valence-electron chi connectivity index (χ1n) is 4.27. The van der Waals surface area contributed by atoms with Gasteiger partial charge in [0.15, 0.2) is 12.4 Å². The molecule has 0 fully saturated rings. The monoisotopic (exact) mass is 174 g/mol. The first kappa shape index (κ1) is 8.05. The first-order valence-corrected chi connectivity index (χ1v) is 4.27. The van der Waals surface area contributed by atoms with E-state index in [-0.39, 0.29) is 6.10 Å². The minimum Gasteiger partial charge on any atom is -0.482 e. The molecular weight excluding hydrogens is 164 g/mol. The van der Waals surface area contributed by atoms with Gasteiger partial charge in [0.1, 0.15) is 5.76 Å². The van der Waals surface area contributed by atoms with Crippen LogP contribution in [-0.4, -0.2) is 12.4 Å².